The van der Waals surface area contributed by atoms with Gasteiger partial charge in [0.15, 0.2) is 0 Å². The molecule has 2 heteroatoms. The Morgan fingerprint density at radius 1 is 1.22 bits per heavy atom. The fourth-order valence-electron chi connectivity index (χ4n) is 2.17. The van der Waals surface area contributed by atoms with Crippen molar-refractivity contribution in [3.8, 4) is 0 Å². The lowest BCUT2D eigenvalue weighted by molar-refractivity contribution is -0.114. The van der Waals surface area contributed by atoms with Gasteiger partial charge < -0.3 is 5.73 Å². The van der Waals surface area contributed by atoms with E-state index in [-0.39, 0.29) is 11.8 Å². The zero-order chi connectivity index (χ0) is 13.4. The van der Waals surface area contributed by atoms with Gasteiger partial charge in [0.05, 0.1) is 0 Å². The number of carbonyl (C=O) groups is 1. The van der Waals surface area contributed by atoms with E-state index in [1.165, 1.54) is 19.3 Å². The molecule has 1 amide bonds. The van der Waals surface area contributed by atoms with E-state index < -0.39 is 0 Å². The molecule has 1 rings (SSSR count). The van der Waals surface area contributed by atoms with Crippen LogP contribution in [-0.2, 0) is 4.79 Å². The van der Waals surface area contributed by atoms with Crippen LogP contribution in [0.15, 0.2) is 42.5 Å². The van der Waals surface area contributed by atoms with Crippen LogP contribution in [0.3, 0.4) is 0 Å². The van der Waals surface area contributed by atoms with Gasteiger partial charge in [0, 0.05) is 11.5 Å². The first kappa shape index (κ1) is 14.5. The highest BCUT2D eigenvalue weighted by atomic mass is 16.1. The van der Waals surface area contributed by atoms with Crippen molar-refractivity contribution < 1.29 is 4.79 Å². The van der Waals surface area contributed by atoms with Crippen LogP contribution in [0.5, 0.6) is 0 Å². The van der Waals surface area contributed by atoms with Crippen molar-refractivity contribution in [3.05, 3.63) is 48.0 Å². The molecule has 0 aromatic heterocycles. The van der Waals surface area contributed by atoms with Crippen LogP contribution in [0.25, 0.3) is 0 Å². The third-order valence-electron chi connectivity index (χ3n) is 3.29. The molecule has 0 saturated carbocycles. The highest BCUT2D eigenvalue weighted by Crippen LogP contribution is 2.28. The zero-order valence-corrected chi connectivity index (χ0v) is 11.2. The molecule has 2 nitrogen and oxygen atoms in total. The molecule has 98 valence electrons. The van der Waals surface area contributed by atoms with Crippen molar-refractivity contribution in [1.29, 1.82) is 0 Å². The first-order valence-electron chi connectivity index (χ1n) is 6.70. The van der Waals surface area contributed by atoms with Crippen molar-refractivity contribution in [2.75, 3.05) is 0 Å². The Morgan fingerprint density at radius 3 is 2.44 bits per heavy atom. The SMILES string of the molecule is C=C(C(N)=O)C(CCCCCC)c1ccccc1. The summed E-state index contributed by atoms with van der Waals surface area (Å²) >= 11 is 0. The molecule has 0 aliphatic rings. The summed E-state index contributed by atoms with van der Waals surface area (Å²) in [5, 5.41) is 0. The van der Waals surface area contributed by atoms with E-state index in [1.807, 2.05) is 30.3 Å². The van der Waals surface area contributed by atoms with Crippen molar-refractivity contribution in [3.63, 3.8) is 0 Å². The molecule has 1 unspecified atom stereocenters. The maximum atomic E-state index is 11.3. The standard InChI is InChI=1S/C16H23NO/c1-3-4-5-9-12-15(13(2)16(17)18)14-10-7-6-8-11-14/h6-8,10-11,15H,2-5,9,12H2,1H3,(H2,17,18). The van der Waals surface area contributed by atoms with Gasteiger partial charge in [-0.05, 0) is 12.0 Å². The van der Waals surface area contributed by atoms with Crippen molar-refractivity contribution in [2.45, 2.75) is 44.9 Å². The lowest BCUT2D eigenvalue weighted by Crippen LogP contribution is -2.18. The summed E-state index contributed by atoms with van der Waals surface area (Å²) in [4.78, 5) is 11.3. The molecule has 0 bridgehead atoms. The number of hydrogen-bond acceptors (Lipinski definition) is 1. The summed E-state index contributed by atoms with van der Waals surface area (Å²) in [6.45, 7) is 6.05. The van der Waals surface area contributed by atoms with E-state index in [2.05, 4.69) is 13.5 Å². The lowest BCUT2D eigenvalue weighted by Gasteiger charge is -2.18. The Bertz CT molecular complexity index is 383. The Balaban J connectivity index is 2.70. The minimum Gasteiger partial charge on any atom is -0.366 e. The third kappa shape index (κ3) is 4.36. The summed E-state index contributed by atoms with van der Waals surface area (Å²) in [5.74, 6) is -0.320. The van der Waals surface area contributed by atoms with Crippen LogP contribution in [0.1, 0.15) is 50.5 Å². The molecule has 0 saturated heterocycles. The number of hydrogen-bond donors (Lipinski definition) is 1. The molecule has 0 aliphatic carbocycles. The molecule has 1 atom stereocenters. The van der Waals surface area contributed by atoms with E-state index in [1.54, 1.807) is 0 Å². The number of benzene rings is 1. The van der Waals surface area contributed by atoms with E-state index in [0.29, 0.717) is 5.57 Å². The zero-order valence-electron chi connectivity index (χ0n) is 11.2. The predicted octanol–water partition coefficient (Wildman–Crippen LogP) is 3.78. The van der Waals surface area contributed by atoms with Gasteiger partial charge in [-0.15, -0.1) is 0 Å². The van der Waals surface area contributed by atoms with Crippen LogP contribution in [-0.4, -0.2) is 5.91 Å². The first-order valence-corrected chi connectivity index (χ1v) is 6.70. The molecule has 1 aromatic carbocycles. The second-order valence-electron chi connectivity index (χ2n) is 4.70. The highest BCUT2D eigenvalue weighted by Gasteiger charge is 2.18. The molecule has 18 heavy (non-hydrogen) atoms. The molecule has 2 N–H and O–H groups in total. The summed E-state index contributed by atoms with van der Waals surface area (Å²) in [6.07, 6.45) is 5.72. The molecule has 0 heterocycles. The monoisotopic (exact) mass is 245 g/mol. The normalized spacial score (nSPS) is 12.1. The smallest absolute Gasteiger partial charge is 0.244 e. The molecular weight excluding hydrogens is 222 g/mol. The average molecular weight is 245 g/mol. The van der Waals surface area contributed by atoms with Crippen LogP contribution in [0.2, 0.25) is 0 Å². The van der Waals surface area contributed by atoms with Gasteiger partial charge in [-0.25, -0.2) is 0 Å². The Kier molecular flexibility index (Phi) is 6.20. The second kappa shape index (κ2) is 7.70. The van der Waals surface area contributed by atoms with Gasteiger partial charge in [0.1, 0.15) is 0 Å². The maximum Gasteiger partial charge on any atom is 0.244 e. The number of nitrogens with two attached hydrogens (primary N) is 1. The minimum atomic E-state index is -0.389. The van der Waals surface area contributed by atoms with Gasteiger partial charge in [-0.2, -0.15) is 0 Å². The highest BCUT2D eigenvalue weighted by molar-refractivity contribution is 5.92. The largest absolute Gasteiger partial charge is 0.366 e. The molecular formula is C16H23NO. The van der Waals surface area contributed by atoms with Crippen molar-refractivity contribution in [1.82, 2.24) is 0 Å². The quantitative estimate of drug-likeness (QED) is 0.549. The van der Waals surface area contributed by atoms with Gasteiger partial charge >= 0.3 is 0 Å². The van der Waals surface area contributed by atoms with Crippen molar-refractivity contribution >= 4 is 5.91 Å². The number of primary amides is 1. The summed E-state index contributed by atoms with van der Waals surface area (Å²) in [5.41, 5.74) is 7.03. The van der Waals surface area contributed by atoms with Gasteiger partial charge in [-0.3, -0.25) is 4.79 Å². The molecule has 0 radical (unpaired) electrons. The topological polar surface area (TPSA) is 43.1 Å². The van der Waals surface area contributed by atoms with Crippen LogP contribution < -0.4 is 5.73 Å². The summed E-state index contributed by atoms with van der Waals surface area (Å²) in [7, 11) is 0. The fraction of sp³-hybridized carbons (Fsp3) is 0.438. The van der Waals surface area contributed by atoms with E-state index in [9.17, 15) is 4.79 Å². The molecule has 0 fully saturated rings. The summed E-state index contributed by atoms with van der Waals surface area (Å²) < 4.78 is 0. The Hall–Kier alpha value is -1.57. The van der Waals surface area contributed by atoms with Gasteiger partial charge in [-0.1, -0.05) is 69.5 Å². The number of amides is 1. The molecule has 1 aromatic rings. The number of unbranched alkanes of at least 4 members (excludes halogenated alkanes) is 3. The third-order valence-corrected chi connectivity index (χ3v) is 3.29. The first-order chi connectivity index (χ1) is 8.66. The number of rotatable bonds is 8. The van der Waals surface area contributed by atoms with Gasteiger partial charge in [0.2, 0.25) is 5.91 Å². The second-order valence-corrected chi connectivity index (χ2v) is 4.70. The van der Waals surface area contributed by atoms with E-state index in [4.69, 9.17) is 5.73 Å². The maximum absolute atomic E-state index is 11.3. The molecule has 0 aliphatic heterocycles. The molecule has 0 spiro atoms. The number of carbonyl (C=O) groups excluding carboxylic acids is 1. The lowest BCUT2D eigenvalue weighted by atomic mass is 9.87. The average Bonchev–Trinajstić information content (AvgIpc) is 2.39. The Morgan fingerprint density at radius 2 is 1.89 bits per heavy atom. The van der Waals surface area contributed by atoms with E-state index in [0.717, 1.165) is 18.4 Å². The summed E-state index contributed by atoms with van der Waals surface area (Å²) in [6, 6.07) is 10.0. The predicted molar refractivity (Wildman–Crippen MR) is 76.3 cm³/mol. The van der Waals surface area contributed by atoms with Crippen molar-refractivity contribution in [2.24, 2.45) is 5.73 Å². The van der Waals surface area contributed by atoms with Crippen LogP contribution in [0.4, 0.5) is 0 Å². The van der Waals surface area contributed by atoms with Crippen LogP contribution in [0, 0.1) is 0 Å². The van der Waals surface area contributed by atoms with Gasteiger partial charge in [0.25, 0.3) is 0 Å². The van der Waals surface area contributed by atoms with E-state index >= 15 is 0 Å². The minimum absolute atomic E-state index is 0.0700. The Labute approximate surface area is 110 Å². The fourth-order valence-corrected chi connectivity index (χ4v) is 2.17. The van der Waals surface area contributed by atoms with Crippen LogP contribution >= 0.6 is 0 Å².